The van der Waals surface area contributed by atoms with Gasteiger partial charge in [-0.3, -0.25) is 10.1 Å². The Kier molecular flexibility index (Phi) is 2.71. The summed E-state index contributed by atoms with van der Waals surface area (Å²) in [6.07, 6.45) is 0. The van der Waals surface area contributed by atoms with Gasteiger partial charge in [-0.25, -0.2) is 4.79 Å². The molecule has 0 aliphatic carbocycles. The van der Waals surface area contributed by atoms with Gasteiger partial charge >= 0.3 is 5.97 Å². The molecule has 80 valence electrons. The van der Waals surface area contributed by atoms with Crippen LogP contribution in [0.25, 0.3) is 0 Å². The Morgan fingerprint density at radius 3 is 2.67 bits per heavy atom. The maximum atomic E-state index is 10.8. The van der Waals surface area contributed by atoms with E-state index in [4.69, 9.17) is 10.8 Å². The van der Waals surface area contributed by atoms with Gasteiger partial charge in [0.2, 0.25) is 0 Å². The van der Waals surface area contributed by atoms with E-state index in [1.54, 1.807) is 0 Å². The Hall–Kier alpha value is -1.95. The van der Waals surface area contributed by atoms with Crippen molar-refractivity contribution in [2.75, 3.05) is 0 Å². The van der Waals surface area contributed by atoms with Crippen LogP contribution in [0.5, 0.6) is 0 Å². The van der Waals surface area contributed by atoms with Gasteiger partial charge in [0.1, 0.15) is 5.54 Å². The number of hydrogen-bond acceptors (Lipinski definition) is 4. The summed E-state index contributed by atoms with van der Waals surface area (Å²) < 4.78 is 0. The number of nitro groups is 1. The molecule has 0 unspecified atom stereocenters. The molecule has 0 heterocycles. The Bertz CT molecular complexity index is 414. The fourth-order valence-corrected chi connectivity index (χ4v) is 1.07. The second kappa shape index (κ2) is 3.66. The maximum absolute atomic E-state index is 10.8. The third-order valence-corrected chi connectivity index (χ3v) is 2.10. The highest BCUT2D eigenvalue weighted by Gasteiger charge is 2.31. The number of nitrogens with two attached hydrogens (primary N) is 1. The molecule has 0 radical (unpaired) electrons. The Balaban J connectivity index is 3.21. The molecular formula is C9H10N2O4. The highest BCUT2D eigenvalue weighted by molar-refractivity contribution is 5.80. The number of nitrogens with zero attached hydrogens (tertiary/aromatic N) is 1. The molecule has 0 aliphatic heterocycles. The normalized spacial score (nSPS) is 14.3. The number of nitro benzene ring substituents is 1. The summed E-state index contributed by atoms with van der Waals surface area (Å²) in [6, 6.07) is 5.29. The summed E-state index contributed by atoms with van der Waals surface area (Å²) in [4.78, 5) is 20.7. The van der Waals surface area contributed by atoms with E-state index in [1.165, 1.54) is 25.1 Å². The minimum Gasteiger partial charge on any atom is -0.480 e. The summed E-state index contributed by atoms with van der Waals surface area (Å²) in [5.74, 6) is -1.23. The zero-order chi connectivity index (χ0) is 11.6. The molecular weight excluding hydrogens is 200 g/mol. The van der Waals surface area contributed by atoms with Crippen LogP contribution in [0.15, 0.2) is 24.3 Å². The van der Waals surface area contributed by atoms with E-state index in [0.717, 1.165) is 6.07 Å². The molecule has 6 heteroatoms. The molecule has 0 fully saturated rings. The van der Waals surface area contributed by atoms with E-state index in [9.17, 15) is 14.9 Å². The Morgan fingerprint density at radius 2 is 2.20 bits per heavy atom. The molecule has 0 saturated carbocycles. The molecule has 1 aromatic rings. The lowest BCUT2D eigenvalue weighted by molar-refractivity contribution is -0.384. The van der Waals surface area contributed by atoms with Gasteiger partial charge in [-0.05, 0) is 12.5 Å². The van der Waals surface area contributed by atoms with E-state index in [1.807, 2.05) is 0 Å². The highest BCUT2D eigenvalue weighted by Crippen LogP contribution is 2.22. The van der Waals surface area contributed by atoms with Gasteiger partial charge in [-0.15, -0.1) is 0 Å². The van der Waals surface area contributed by atoms with Crippen molar-refractivity contribution in [3.63, 3.8) is 0 Å². The van der Waals surface area contributed by atoms with Crippen molar-refractivity contribution in [1.29, 1.82) is 0 Å². The van der Waals surface area contributed by atoms with Gasteiger partial charge in [0.15, 0.2) is 0 Å². The molecule has 0 saturated heterocycles. The van der Waals surface area contributed by atoms with E-state index >= 15 is 0 Å². The Labute approximate surface area is 85.5 Å². The molecule has 0 aliphatic rings. The average Bonchev–Trinajstić information content (AvgIpc) is 2.17. The number of non-ortho nitro benzene ring substituents is 1. The summed E-state index contributed by atoms with van der Waals surface area (Å²) in [6.45, 7) is 1.29. The highest BCUT2D eigenvalue weighted by atomic mass is 16.6. The van der Waals surface area contributed by atoms with Crippen molar-refractivity contribution < 1.29 is 14.8 Å². The zero-order valence-electron chi connectivity index (χ0n) is 8.01. The molecule has 3 N–H and O–H groups in total. The van der Waals surface area contributed by atoms with Crippen molar-refractivity contribution in [1.82, 2.24) is 0 Å². The van der Waals surface area contributed by atoms with Gasteiger partial charge in [-0.1, -0.05) is 12.1 Å². The first-order chi connectivity index (χ1) is 6.85. The quantitative estimate of drug-likeness (QED) is 0.568. The van der Waals surface area contributed by atoms with Crippen LogP contribution in [-0.2, 0) is 10.3 Å². The van der Waals surface area contributed by atoms with Crippen LogP contribution in [0.4, 0.5) is 5.69 Å². The SMILES string of the molecule is C[C@@](N)(C(=O)O)c1cccc([N+](=O)[O-])c1. The summed E-state index contributed by atoms with van der Waals surface area (Å²) in [7, 11) is 0. The smallest absolute Gasteiger partial charge is 0.328 e. The van der Waals surface area contributed by atoms with E-state index in [-0.39, 0.29) is 11.3 Å². The maximum Gasteiger partial charge on any atom is 0.328 e. The lowest BCUT2D eigenvalue weighted by atomic mass is 9.93. The van der Waals surface area contributed by atoms with Gasteiger partial charge in [0, 0.05) is 12.1 Å². The number of carbonyl (C=O) groups is 1. The van der Waals surface area contributed by atoms with Gasteiger partial charge in [0.25, 0.3) is 5.69 Å². The van der Waals surface area contributed by atoms with Gasteiger partial charge in [-0.2, -0.15) is 0 Å². The molecule has 1 atom stereocenters. The van der Waals surface area contributed by atoms with Crippen LogP contribution in [0.1, 0.15) is 12.5 Å². The second-order valence-electron chi connectivity index (χ2n) is 3.31. The molecule has 1 aromatic carbocycles. The first-order valence-electron chi connectivity index (χ1n) is 4.13. The largest absolute Gasteiger partial charge is 0.480 e. The van der Waals surface area contributed by atoms with Crippen LogP contribution in [0, 0.1) is 10.1 Å². The number of hydrogen-bond donors (Lipinski definition) is 2. The standard InChI is InChI=1S/C9H10N2O4/c1-9(10,8(12)13)6-3-2-4-7(5-6)11(14)15/h2-5H,10H2,1H3,(H,12,13)/t9-/m0/s1. The van der Waals surface area contributed by atoms with Crippen molar-refractivity contribution in [3.05, 3.63) is 39.9 Å². The molecule has 0 bridgehead atoms. The van der Waals surface area contributed by atoms with Crippen LogP contribution >= 0.6 is 0 Å². The molecule has 0 spiro atoms. The number of benzene rings is 1. The Morgan fingerprint density at radius 1 is 1.60 bits per heavy atom. The van der Waals surface area contributed by atoms with Gasteiger partial charge in [0.05, 0.1) is 4.92 Å². The number of aliphatic carboxylic acids is 1. The third kappa shape index (κ3) is 2.10. The third-order valence-electron chi connectivity index (χ3n) is 2.10. The molecule has 0 amide bonds. The summed E-state index contributed by atoms with van der Waals surface area (Å²) in [5, 5.41) is 19.3. The van der Waals surface area contributed by atoms with Crippen LogP contribution in [0.3, 0.4) is 0 Å². The van der Waals surface area contributed by atoms with Crippen molar-refractivity contribution >= 4 is 11.7 Å². The van der Waals surface area contributed by atoms with Crippen molar-refractivity contribution in [2.24, 2.45) is 5.73 Å². The first-order valence-corrected chi connectivity index (χ1v) is 4.13. The lowest BCUT2D eigenvalue weighted by Crippen LogP contribution is -2.41. The van der Waals surface area contributed by atoms with Crippen LogP contribution in [-0.4, -0.2) is 16.0 Å². The zero-order valence-corrected chi connectivity index (χ0v) is 8.01. The van der Waals surface area contributed by atoms with Crippen LogP contribution in [0.2, 0.25) is 0 Å². The number of carboxylic acid groups (broad SMARTS) is 1. The summed E-state index contributed by atoms with van der Waals surface area (Å²) >= 11 is 0. The van der Waals surface area contributed by atoms with E-state index in [0.29, 0.717) is 0 Å². The van der Waals surface area contributed by atoms with Crippen molar-refractivity contribution in [2.45, 2.75) is 12.5 Å². The summed E-state index contributed by atoms with van der Waals surface area (Å²) in [5.41, 5.74) is 3.93. The predicted octanol–water partition coefficient (Wildman–Crippen LogP) is 0.853. The van der Waals surface area contributed by atoms with Gasteiger partial charge < -0.3 is 10.8 Å². The lowest BCUT2D eigenvalue weighted by Gasteiger charge is -2.18. The van der Waals surface area contributed by atoms with Crippen LogP contribution < -0.4 is 5.73 Å². The fourth-order valence-electron chi connectivity index (χ4n) is 1.07. The van der Waals surface area contributed by atoms with E-state index in [2.05, 4.69) is 0 Å². The number of carboxylic acids is 1. The number of rotatable bonds is 3. The second-order valence-corrected chi connectivity index (χ2v) is 3.31. The topological polar surface area (TPSA) is 106 Å². The molecule has 15 heavy (non-hydrogen) atoms. The average molecular weight is 210 g/mol. The fraction of sp³-hybridized carbons (Fsp3) is 0.222. The minimum atomic E-state index is -1.62. The first kappa shape index (κ1) is 11.1. The molecule has 6 nitrogen and oxygen atoms in total. The molecule has 1 rings (SSSR count). The monoisotopic (exact) mass is 210 g/mol. The molecule has 0 aromatic heterocycles. The predicted molar refractivity (Wildman–Crippen MR) is 52.3 cm³/mol. The van der Waals surface area contributed by atoms with E-state index < -0.39 is 16.4 Å². The minimum absolute atomic E-state index is 0.176. The van der Waals surface area contributed by atoms with Crippen molar-refractivity contribution in [3.8, 4) is 0 Å².